The predicted molar refractivity (Wildman–Crippen MR) is 42.1 cm³/mol. The van der Waals surface area contributed by atoms with Crippen molar-refractivity contribution >= 4 is 0 Å². The third-order valence-corrected chi connectivity index (χ3v) is 1.14. The Bertz CT molecular complexity index is 160. The summed E-state index contributed by atoms with van der Waals surface area (Å²) in [4.78, 5) is 0. The molecule has 0 bridgehead atoms. The van der Waals surface area contributed by atoms with Crippen molar-refractivity contribution in [3.8, 4) is 0 Å². The van der Waals surface area contributed by atoms with Crippen LogP contribution in [0.2, 0.25) is 0 Å². The molecule has 0 radical (unpaired) electrons. The van der Waals surface area contributed by atoms with Gasteiger partial charge in [0.2, 0.25) is 0 Å². The molecule has 0 amide bonds. The van der Waals surface area contributed by atoms with Crippen molar-refractivity contribution in [1.29, 1.82) is 0 Å². The largest absolute Gasteiger partial charge is 0.401 e. The lowest BCUT2D eigenvalue weighted by Gasteiger charge is -2.04. The van der Waals surface area contributed by atoms with E-state index < -0.39 is 0 Å². The molecular formula is C6H14N4. The van der Waals surface area contributed by atoms with Gasteiger partial charge >= 0.3 is 0 Å². The van der Waals surface area contributed by atoms with Crippen LogP contribution in [-0.2, 0) is 0 Å². The van der Waals surface area contributed by atoms with Gasteiger partial charge in [-0.3, -0.25) is 0 Å². The third-order valence-electron chi connectivity index (χ3n) is 1.14. The van der Waals surface area contributed by atoms with Crippen LogP contribution in [0.1, 0.15) is 13.8 Å². The Morgan fingerprint density at radius 1 is 0.700 bits per heavy atom. The molecule has 0 aliphatic carbocycles. The topological polar surface area (TPSA) is 104 Å². The van der Waals surface area contributed by atoms with E-state index in [4.69, 9.17) is 22.9 Å². The van der Waals surface area contributed by atoms with E-state index in [1.807, 2.05) is 0 Å². The van der Waals surface area contributed by atoms with Gasteiger partial charge in [0, 0.05) is 11.4 Å². The second-order valence-corrected chi connectivity index (χ2v) is 2.19. The molecule has 4 nitrogen and oxygen atoms in total. The fourth-order valence-corrected chi connectivity index (χ4v) is 0.425. The predicted octanol–water partition coefficient (Wildman–Crippen LogP) is -0.716. The molecule has 0 aromatic rings. The summed E-state index contributed by atoms with van der Waals surface area (Å²) in [5, 5.41) is 0. The number of rotatable bonds is 1. The van der Waals surface area contributed by atoms with Crippen molar-refractivity contribution in [2.75, 3.05) is 0 Å². The first-order valence-electron chi connectivity index (χ1n) is 2.90. The zero-order valence-electron chi connectivity index (χ0n) is 6.31. The van der Waals surface area contributed by atoms with Crippen molar-refractivity contribution < 1.29 is 0 Å². The van der Waals surface area contributed by atoms with Gasteiger partial charge in [-0.05, 0) is 13.8 Å². The molecule has 8 N–H and O–H groups in total. The van der Waals surface area contributed by atoms with E-state index in [1.54, 1.807) is 13.8 Å². The van der Waals surface area contributed by atoms with Crippen LogP contribution >= 0.6 is 0 Å². The van der Waals surface area contributed by atoms with Crippen LogP contribution in [-0.4, -0.2) is 0 Å². The van der Waals surface area contributed by atoms with Crippen LogP contribution in [0.15, 0.2) is 22.8 Å². The molecule has 10 heavy (non-hydrogen) atoms. The molecule has 4 heteroatoms. The van der Waals surface area contributed by atoms with Gasteiger partial charge in [0.1, 0.15) is 0 Å². The minimum Gasteiger partial charge on any atom is -0.401 e. The molecule has 0 spiro atoms. The van der Waals surface area contributed by atoms with E-state index in [0.29, 0.717) is 22.8 Å². The van der Waals surface area contributed by atoms with Crippen molar-refractivity contribution in [1.82, 2.24) is 0 Å². The summed E-state index contributed by atoms with van der Waals surface area (Å²) >= 11 is 0. The van der Waals surface area contributed by atoms with Gasteiger partial charge < -0.3 is 22.9 Å². The third kappa shape index (κ3) is 1.89. The van der Waals surface area contributed by atoms with Gasteiger partial charge in [-0.2, -0.15) is 0 Å². The van der Waals surface area contributed by atoms with Crippen molar-refractivity contribution in [3.05, 3.63) is 22.8 Å². The molecule has 0 heterocycles. The number of hydrogen-bond donors (Lipinski definition) is 4. The number of hydrogen-bond acceptors (Lipinski definition) is 4. The molecule has 0 saturated heterocycles. The summed E-state index contributed by atoms with van der Waals surface area (Å²) in [7, 11) is 0. The van der Waals surface area contributed by atoms with E-state index in [1.165, 1.54) is 0 Å². The average molecular weight is 142 g/mol. The highest BCUT2D eigenvalue weighted by atomic mass is 14.8. The molecule has 0 fully saturated rings. The molecule has 0 saturated carbocycles. The maximum Gasteiger partial charge on any atom is 0.0753 e. The van der Waals surface area contributed by atoms with Gasteiger partial charge in [-0.25, -0.2) is 0 Å². The molecule has 58 valence electrons. The second-order valence-electron chi connectivity index (χ2n) is 2.19. The van der Waals surface area contributed by atoms with Crippen LogP contribution < -0.4 is 22.9 Å². The minimum atomic E-state index is 0.361. The van der Waals surface area contributed by atoms with Gasteiger partial charge in [-0.1, -0.05) is 0 Å². The van der Waals surface area contributed by atoms with Crippen LogP contribution in [0, 0.1) is 0 Å². The lowest BCUT2D eigenvalue weighted by molar-refractivity contribution is 1.09. The van der Waals surface area contributed by atoms with Crippen LogP contribution in [0.25, 0.3) is 0 Å². The highest BCUT2D eigenvalue weighted by molar-refractivity contribution is 5.30. The Morgan fingerprint density at radius 2 is 0.900 bits per heavy atom. The zero-order chi connectivity index (χ0) is 8.31. The molecule has 0 aliphatic heterocycles. The van der Waals surface area contributed by atoms with Crippen molar-refractivity contribution in [3.63, 3.8) is 0 Å². The SMILES string of the molecule is C/C(N)=C(N)\C(N)=C(/C)N. The van der Waals surface area contributed by atoms with Gasteiger partial charge in [0.05, 0.1) is 11.4 Å². The van der Waals surface area contributed by atoms with Crippen LogP contribution in [0.3, 0.4) is 0 Å². The molecule has 0 rings (SSSR count). The standard InChI is InChI=1S/C6H14N4/c1-3(7)5(9)6(10)4(2)8/h7-10H2,1-2H3/b5-3-,6-4-. The van der Waals surface area contributed by atoms with Crippen molar-refractivity contribution in [2.24, 2.45) is 22.9 Å². The first-order chi connectivity index (χ1) is 4.46. The van der Waals surface area contributed by atoms with E-state index in [2.05, 4.69) is 0 Å². The summed E-state index contributed by atoms with van der Waals surface area (Å²) in [6.07, 6.45) is 0. The molecule has 0 unspecified atom stereocenters. The van der Waals surface area contributed by atoms with E-state index >= 15 is 0 Å². The Balaban J connectivity index is 4.71. The summed E-state index contributed by atoms with van der Waals surface area (Å²) in [5.74, 6) is 0. The van der Waals surface area contributed by atoms with Gasteiger partial charge in [-0.15, -0.1) is 0 Å². The summed E-state index contributed by atoms with van der Waals surface area (Å²) in [6.45, 7) is 3.34. The number of nitrogens with two attached hydrogens (primary N) is 4. The van der Waals surface area contributed by atoms with Gasteiger partial charge in [0.15, 0.2) is 0 Å². The Hall–Kier alpha value is -1.32. The van der Waals surface area contributed by atoms with Crippen LogP contribution in [0.5, 0.6) is 0 Å². The Labute approximate surface area is 60.5 Å². The first-order valence-corrected chi connectivity index (χ1v) is 2.90. The zero-order valence-corrected chi connectivity index (χ0v) is 6.31. The van der Waals surface area contributed by atoms with E-state index in [-0.39, 0.29) is 0 Å². The monoisotopic (exact) mass is 142 g/mol. The molecule has 0 aromatic carbocycles. The summed E-state index contributed by atoms with van der Waals surface area (Å²) < 4.78 is 0. The molecule has 0 aromatic heterocycles. The smallest absolute Gasteiger partial charge is 0.0753 e. The van der Waals surface area contributed by atoms with Gasteiger partial charge in [0.25, 0.3) is 0 Å². The summed E-state index contributed by atoms with van der Waals surface area (Å²) in [5.41, 5.74) is 23.3. The maximum absolute atomic E-state index is 5.45. The first kappa shape index (κ1) is 8.68. The van der Waals surface area contributed by atoms with Crippen LogP contribution in [0.4, 0.5) is 0 Å². The van der Waals surface area contributed by atoms with E-state index in [0.717, 1.165) is 0 Å². The normalized spacial score (nSPS) is 15.8. The fraction of sp³-hybridized carbons (Fsp3) is 0.333. The Kier molecular flexibility index (Phi) is 2.61. The lowest BCUT2D eigenvalue weighted by Crippen LogP contribution is -2.18. The Morgan fingerprint density at radius 3 is 1.00 bits per heavy atom. The minimum absolute atomic E-state index is 0.361. The fourth-order valence-electron chi connectivity index (χ4n) is 0.425. The number of allylic oxidation sites excluding steroid dienone is 2. The highest BCUT2D eigenvalue weighted by Gasteiger charge is 1.99. The molecule has 0 aliphatic rings. The second kappa shape index (κ2) is 3.00. The maximum atomic E-state index is 5.45. The quantitative estimate of drug-likeness (QED) is 0.363. The molecule has 0 atom stereocenters. The average Bonchev–Trinajstić information content (AvgIpc) is 1.84. The highest BCUT2D eigenvalue weighted by Crippen LogP contribution is 2.00. The summed E-state index contributed by atoms with van der Waals surface area (Å²) in [6, 6.07) is 0. The van der Waals surface area contributed by atoms with Crippen molar-refractivity contribution in [2.45, 2.75) is 13.8 Å². The molecular weight excluding hydrogens is 128 g/mol. The lowest BCUT2D eigenvalue weighted by atomic mass is 10.2. The van der Waals surface area contributed by atoms with E-state index in [9.17, 15) is 0 Å².